The van der Waals surface area contributed by atoms with Crippen LogP contribution in [0, 0.1) is 12.3 Å². The molecule has 0 amide bonds. The highest BCUT2D eigenvalue weighted by atomic mass is 32.1. The third-order valence-corrected chi connectivity index (χ3v) is 5.66. The molecule has 112 valence electrons. The minimum Gasteiger partial charge on any atom is -0.384 e. The fraction of sp³-hybridized carbons (Fsp3) is 0.750. The predicted molar refractivity (Wildman–Crippen MR) is 82.2 cm³/mol. The fourth-order valence-corrected chi connectivity index (χ4v) is 4.74. The zero-order chi connectivity index (χ0) is 14.0. The van der Waals surface area contributed by atoms with Gasteiger partial charge >= 0.3 is 0 Å². The number of likely N-dealkylation sites (tertiary alicyclic amines) is 1. The van der Waals surface area contributed by atoms with Crippen molar-refractivity contribution in [2.75, 3.05) is 33.4 Å². The molecule has 0 saturated carbocycles. The summed E-state index contributed by atoms with van der Waals surface area (Å²) in [5.41, 5.74) is 0.220. The monoisotopic (exact) mass is 295 g/mol. The number of methoxy groups -OCH3 is 1. The fourth-order valence-electron chi connectivity index (χ4n) is 3.81. The molecular weight excluding hydrogens is 270 g/mol. The molecule has 3 rings (SSSR count). The zero-order valence-corrected chi connectivity index (χ0v) is 13.4. The van der Waals surface area contributed by atoms with Crippen LogP contribution in [0.25, 0.3) is 0 Å². The summed E-state index contributed by atoms with van der Waals surface area (Å²) in [6, 6.07) is 4.49. The third kappa shape index (κ3) is 2.93. The summed E-state index contributed by atoms with van der Waals surface area (Å²) in [4.78, 5) is 5.47. The molecular formula is C16H25NO2S. The molecule has 0 N–H and O–H groups in total. The van der Waals surface area contributed by atoms with E-state index < -0.39 is 0 Å². The van der Waals surface area contributed by atoms with Crippen LogP contribution in [0.15, 0.2) is 12.1 Å². The van der Waals surface area contributed by atoms with Gasteiger partial charge in [0.25, 0.3) is 0 Å². The van der Waals surface area contributed by atoms with E-state index in [9.17, 15) is 0 Å². The van der Waals surface area contributed by atoms with Gasteiger partial charge in [-0.3, -0.25) is 4.90 Å². The van der Waals surface area contributed by atoms with Gasteiger partial charge in [-0.2, -0.15) is 0 Å². The first kappa shape index (κ1) is 14.5. The molecule has 0 bridgehead atoms. The second-order valence-electron chi connectivity index (χ2n) is 6.27. The van der Waals surface area contributed by atoms with Crippen LogP contribution in [0.5, 0.6) is 0 Å². The highest BCUT2D eigenvalue weighted by molar-refractivity contribution is 7.11. The minimum atomic E-state index is 0.220. The number of piperidine rings is 1. The highest BCUT2D eigenvalue weighted by Crippen LogP contribution is 2.40. The van der Waals surface area contributed by atoms with E-state index in [0.29, 0.717) is 6.10 Å². The van der Waals surface area contributed by atoms with Gasteiger partial charge in [0.2, 0.25) is 0 Å². The lowest BCUT2D eigenvalue weighted by Crippen LogP contribution is -2.56. The second-order valence-corrected chi connectivity index (χ2v) is 7.64. The van der Waals surface area contributed by atoms with Crippen LogP contribution in [-0.2, 0) is 16.0 Å². The van der Waals surface area contributed by atoms with E-state index in [0.717, 1.165) is 39.3 Å². The minimum absolute atomic E-state index is 0.220. The van der Waals surface area contributed by atoms with Gasteiger partial charge in [-0.05, 0) is 38.3 Å². The molecule has 2 atom stereocenters. The van der Waals surface area contributed by atoms with Crippen molar-refractivity contribution < 1.29 is 9.47 Å². The molecule has 0 spiro atoms. The Balaban J connectivity index is 1.69. The van der Waals surface area contributed by atoms with Gasteiger partial charge < -0.3 is 9.47 Å². The largest absolute Gasteiger partial charge is 0.384 e. The van der Waals surface area contributed by atoms with E-state index in [1.54, 1.807) is 0 Å². The molecule has 0 aliphatic carbocycles. The Labute approximate surface area is 125 Å². The van der Waals surface area contributed by atoms with E-state index in [-0.39, 0.29) is 5.41 Å². The van der Waals surface area contributed by atoms with Gasteiger partial charge in [0.15, 0.2) is 0 Å². The first-order chi connectivity index (χ1) is 9.72. The summed E-state index contributed by atoms with van der Waals surface area (Å²) in [7, 11) is 1.82. The van der Waals surface area contributed by atoms with Crippen LogP contribution < -0.4 is 0 Å². The SMILES string of the molecule is COCC12CCCOC1CCN(Cc1ccc(C)s1)C2. The smallest absolute Gasteiger partial charge is 0.0677 e. The van der Waals surface area contributed by atoms with Crippen molar-refractivity contribution in [2.24, 2.45) is 5.41 Å². The molecule has 2 aliphatic rings. The third-order valence-electron chi connectivity index (χ3n) is 4.67. The molecule has 3 heterocycles. The van der Waals surface area contributed by atoms with Crippen molar-refractivity contribution in [1.29, 1.82) is 0 Å². The summed E-state index contributed by atoms with van der Waals surface area (Å²) in [6.45, 7) is 7.28. The average molecular weight is 295 g/mol. The van der Waals surface area contributed by atoms with Crippen LogP contribution in [0.1, 0.15) is 29.0 Å². The quantitative estimate of drug-likeness (QED) is 0.852. The van der Waals surface area contributed by atoms with Gasteiger partial charge in [-0.25, -0.2) is 0 Å². The van der Waals surface area contributed by atoms with E-state index >= 15 is 0 Å². The lowest BCUT2D eigenvalue weighted by molar-refractivity contribution is -0.149. The Kier molecular flexibility index (Phi) is 4.46. The Hall–Kier alpha value is -0.420. The lowest BCUT2D eigenvalue weighted by Gasteiger charge is -2.50. The Morgan fingerprint density at radius 1 is 1.50 bits per heavy atom. The number of fused-ring (bicyclic) bond motifs is 1. The predicted octanol–water partition coefficient (Wildman–Crippen LogP) is 3.07. The summed E-state index contributed by atoms with van der Waals surface area (Å²) in [5.74, 6) is 0. The lowest BCUT2D eigenvalue weighted by atomic mass is 9.73. The maximum absolute atomic E-state index is 6.04. The number of aryl methyl sites for hydroxylation is 1. The van der Waals surface area contributed by atoms with Crippen LogP contribution >= 0.6 is 11.3 Å². The molecule has 2 unspecified atom stereocenters. The van der Waals surface area contributed by atoms with Crippen molar-refractivity contribution in [2.45, 2.75) is 38.8 Å². The molecule has 20 heavy (non-hydrogen) atoms. The summed E-state index contributed by atoms with van der Waals surface area (Å²) in [5, 5.41) is 0. The van der Waals surface area contributed by atoms with Crippen molar-refractivity contribution in [3.8, 4) is 0 Å². The van der Waals surface area contributed by atoms with Crippen LogP contribution in [0.3, 0.4) is 0 Å². The normalized spacial score (nSPS) is 31.2. The summed E-state index contributed by atoms with van der Waals surface area (Å²) >= 11 is 1.92. The first-order valence-corrected chi connectivity index (χ1v) is 8.42. The zero-order valence-electron chi connectivity index (χ0n) is 12.6. The van der Waals surface area contributed by atoms with Crippen molar-refractivity contribution in [3.05, 3.63) is 21.9 Å². The molecule has 2 fully saturated rings. The van der Waals surface area contributed by atoms with Gasteiger partial charge in [-0.15, -0.1) is 11.3 Å². The van der Waals surface area contributed by atoms with Crippen molar-refractivity contribution >= 4 is 11.3 Å². The molecule has 2 saturated heterocycles. The van der Waals surface area contributed by atoms with Crippen molar-refractivity contribution in [1.82, 2.24) is 4.90 Å². The maximum atomic E-state index is 6.04. The number of nitrogens with zero attached hydrogens (tertiary/aromatic N) is 1. The molecule has 1 aromatic heterocycles. The van der Waals surface area contributed by atoms with Gasteiger partial charge in [0.1, 0.15) is 0 Å². The van der Waals surface area contributed by atoms with Gasteiger partial charge in [0, 0.05) is 48.5 Å². The molecule has 3 nitrogen and oxygen atoms in total. The van der Waals surface area contributed by atoms with Crippen molar-refractivity contribution in [3.63, 3.8) is 0 Å². The number of rotatable bonds is 4. The van der Waals surface area contributed by atoms with Crippen LogP contribution in [-0.4, -0.2) is 44.4 Å². The number of ether oxygens (including phenoxy) is 2. The molecule has 0 aromatic carbocycles. The molecule has 2 aliphatic heterocycles. The highest BCUT2D eigenvalue weighted by Gasteiger charge is 2.45. The van der Waals surface area contributed by atoms with E-state index in [2.05, 4.69) is 24.0 Å². The van der Waals surface area contributed by atoms with E-state index in [1.165, 1.54) is 22.6 Å². The average Bonchev–Trinajstić information content (AvgIpc) is 2.84. The number of thiophene rings is 1. The molecule has 0 radical (unpaired) electrons. The van der Waals surface area contributed by atoms with Gasteiger partial charge in [-0.1, -0.05) is 0 Å². The Bertz CT molecular complexity index is 443. The van der Waals surface area contributed by atoms with Gasteiger partial charge in [0.05, 0.1) is 12.7 Å². The van der Waals surface area contributed by atoms with Crippen LogP contribution in [0.2, 0.25) is 0 Å². The van der Waals surface area contributed by atoms with Crippen LogP contribution in [0.4, 0.5) is 0 Å². The number of hydrogen-bond acceptors (Lipinski definition) is 4. The van der Waals surface area contributed by atoms with E-state index in [1.807, 2.05) is 18.4 Å². The first-order valence-electron chi connectivity index (χ1n) is 7.60. The topological polar surface area (TPSA) is 21.7 Å². The van der Waals surface area contributed by atoms with E-state index in [4.69, 9.17) is 9.47 Å². The summed E-state index contributed by atoms with van der Waals surface area (Å²) < 4.78 is 11.6. The maximum Gasteiger partial charge on any atom is 0.0677 e. The Morgan fingerprint density at radius 3 is 3.15 bits per heavy atom. The Morgan fingerprint density at radius 2 is 2.40 bits per heavy atom. The molecule has 4 heteroatoms. The second kappa shape index (κ2) is 6.14. The standard InChI is InChI=1S/C16H25NO2S/c1-13-4-5-14(20-13)10-17-8-6-15-16(11-17,12-18-2)7-3-9-19-15/h4-5,15H,3,6-12H2,1-2H3. The summed E-state index contributed by atoms with van der Waals surface area (Å²) in [6.07, 6.45) is 3.96. The molecule has 1 aromatic rings. The number of hydrogen-bond donors (Lipinski definition) is 0.